The number of carbonyl (C=O) groups excluding carboxylic acids is 1. The molecule has 2 nitrogen and oxygen atoms in total. The summed E-state index contributed by atoms with van der Waals surface area (Å²) >= 11 is 5.01. The summed E-state index contributed by atoms with van der Waals surface area (Å²) in [4.78, 5) is 10.3. The summed E-state index contributed by atoms with van der Waals surface area (Å²) in [6.07, 6.45) is 10.5. The average molecular weight is 185 g/mol. The Morgan fingerprint density at radius 2 is 2.33 bits per heavy atom. The number of hydrogen-bond donors (Lipinski definition) is 0. The van der Waals surface area contributed by atoms with Gasteiger partial charge < -0.3 is 4.74 Å². The van der Waals surface area contributed by atoms with Gasteiger partial charge in [-0.1, -0.05) is 30.4 Å². The average Bonchev–Trinajstić information content (AvgIpc) is 2.28. The molecule has 0 amide bonds. The van der Waals surface area contributed by atoms with E-state index in [4.69, 9.17) is 11.6 Å². The standard InChI is InChI=1S/C9H9ClO2/c10-9(11)12-7-8-5-3-1-2-4-6-8/h1-5H,6-7H2. The molecule has 12 heavy (non-hydrogen) atoms. The Balaban J connectivity index is 2.41. The van der Waals surface area contributed by atoms with Crippen LogP contribution < -0.4 is 0 Å². The van der Waals surface area contributed by atoms with E-state index in [-0.39, 0.29) is 6.61 Å². The highest BCUT2D eigenvalue weighted by molar-refractivity contribution is 6.61. The minimum absolute atomic E-state index is 0.275. The molecule has 0 saturated heterocycles. The minimum atomic E-state index is -0.756. The molecule has 0 saturated carbocycles. The summed E-state index contributed by atoms with van der Waals surface area (Å²) in [5.74, 6) is 0. The predicted octanol–water partition coefficient (Wildman–Crippen LogP) is 2.80. The topological polar surface area (TPSA) is 26.3 Å². The molecule has 0 N–H and O–H groups in total. The summed E-state index contributed by atoms with van der Waals surface area (Å²) in [6, 6.07) is 0. The normalized spacial score (nSPS) is 15.2. The van der Waals surface area contributed by atoms with E-state index in [0.29, 0.717) is 0 Å². The van der Waals surface area contributed by atoms with Gasteiger partial charge in [0, 0.05) is 11.6 Å². The second kappa shape index (κ2) is 4.78. The van der Waals surface area contributed by atoms with Crippen LogP contribution >= 0.6 is 11.6 Å². The quantitative estimate of drug-likeness (QED) is 0.617. The van der Waals surface area contributed by atoms with Crippen LogP contribution in [0.1, 0.15) is 6.42 Å². The third-order valence-electron chi connectivity index (χ3n) is 1.44. The Morgan fingerprint density at radius 1 is 1.50 bits per heavy atom. The van der Waals surface area contributed by atoms with Crippen molar-refractivity contribution in [3.63, 3.8) is 0 Å². The van der Waals surface area contributed by atoms with Crippen molar-refractivity contribution in [1.82, 2.24) is 0 Å². The fourth-order valence-corrected chi connectivity index (χ4v) is 0.933. The maximum absolute atomic E-state index is 10.3. The summed E-state index contributed by atoms with van der Waals surface area (Å²) in [5.41, 5.74) is 0.280. The van der Waals surface area contributed by atoms with Crippen LogP contribution in [0.15, 0.2) is 36.0 Å². The van der Waals surface area contributed by atoms with Gasteiger partial charge in [0.25, 0.3) is 0 Å². The second-order valence-corrected chi connectivity index (χ2v) is 2.68. The summed E-state index contributed by atoms with van der Waals surface area (Å²) < 4.78 is 4.63. The SMILES string of the molecule is O=C(Cl)OCC1=CC=CC=CC1. The molecule has 0 aromatic heterocycles. The Labute approximate surface area is 76.2 Å². The Hall–Kier alpha value is -1.02. The Bertz CT molecular complexity index is 251. The highest BCUT2D eigenvalue weighted by atomic mass is 35.5. The smallest absolute Gasteiger partial charge is 0.404 e. The zero-order chi connectivity index (χ0) is 8.81. The lowest BCUT2D eigenvalue weighted by atomic mass is 10.2. The minimum Gasteiger partial charge on any atom is -0.449 e. The van der Waals surface area contributed by atoms with Crippen molar-refractivity contribution in [2.24, 2.45) is 0 Å². The van der Waals surface area contributed by atoms with E-state index >= 15 is 0 Å². The van der Waals surface area contributed by atoms with Gasteiger partial charge in [0.1, 0.15) is 6.61 Å². The van der Waals surface area contributed by atoms with Crippen LogP contribution in [0.5, 0.6) is 0 Å². The molecule has 1 aliphatic rings. The second-order valence-electron chi connectivity index (χ2n) is 2.37. The van der Waals surface area contributed by atoms with Crippen LogP contribution in [0.2, 0.25) is 0 Å². The first-order valence-corrected chi connectivity index (χ1v) is 4.00. The monoisotopic (exact) mass is 184 g/mol. The molecule has 0 spiro atoms. The number of allylic oxidation sites excluding steroid dienone is 5. The lowest BCUT2D eigenvalue weighted by Crippen LogP contribution is -1.99. The van der Waals surface area contributed by atoms with Crippen molar-refractivity contribution < 1.29 is 9.53 Å². The third kappa shape index (κ3) is 3.39. The molecule has 0 unspecified atom stereocenters. The molecule has 0 heterocycles. The zero-order valence-electron chi connectivity index (χ0n) is 6.50. The van der Waals surface area contributed by atoms with Crippen molar-refractivity contribution in [3.05, 3.63) is 36.0 Å². The zero-order valence-corrected chi connectivity index (χ0v) is 7.25. The first-order valence-electron chi connectivity index (χ1n) is 3.62. The van der Waals surface area contributed by atoms with Gasteiger partial charge >= 0.3 is 5.43 Å². The molecule has 3 heteroatoms. The lowest BCUT2D eigenvalue weighted by Gasteiger charge is -2.01. The Morgan fingerprint density at radius 3 is 3.08 bits per heavy atom. The van der Waals surface area contributed by atoms with Crippen LogP contribution in [0.3, 0.4) is 0 Å². The van der Waals surface area contributed by atoms with Crippen LogP contribution in [0.25, 0.3) is 0 Å². The van der Waals surface area contributed by atoms with Crippen molar-refractivity contribution in [2.75, 3.05) is 6.61 Å². The van der Waals surface area contributed by atoms with E-state index in [2.05, 4.69) is 4.74 Å². The van der Waals surface area contributed by atoms with E-state index in [1.54, 1.807) is 0 Å². The largest absolute Gasteiger partial charge is 0.449 e. The van der Waals surface area contributed by atoms with E-state index in [9.17, 15) is 4.79 Å². The van der Waals surface area contributed by atoms with Gasteiger partial charge in [-0.3, -0.25) is 0 Å². The number of halogens is 1. The van der Waals surface area contributed by atoms with Crippen molar-refractivity contribution in [2.45, 2.75) is 6.42 Å². The highest BCUT2D eigenvalue weighted by Gasteiger charge is 1.99. The van der Waals surface area contributed by atoms with Gasteiger partial charge in [0.15, 0.2) is 0 Å². The summed E-state index contributed by atoms with van der Waals surface area (Å²) in [5, 5.41) is 0. The van der Waals surface area contributed by atoms with Gasteiger partial charge in [-0.25, -0.2) is 4.79 Å². The maximum atomic E-state index is 10.3. The third-order valence-corrected chi connectivity index (χ3v) is 1.55. The molecule has 64 valence electrons. The van der Waals surface area contributed by atoms with Crippen LogP contribution in [-0.4, -0.2) is 12.0 Å². The lowest BCUT2D eigenvalue weighted by molar-refractivity contribution is 0.183. The van der Waals surface area contributed by atoms with Gasteiger partial charge in [0.2, 0.25) is 0 Å². The fraction of sp³-hybridized carbons (Fsp3) is 0.222. The fourth-order valence-electron chi connectivity index (χ4n) is 0.878. The van der Waals surface area contributed by atoms with Crippen LogP contribution in [-0.2, 0) is 4.74 Å². The van der Waals surface area contributed by atoms with Gasteiger partial charge in [0.05, 0.1) is 0 Å². The molecule has 0 bridgehead atoms. The van der Waals surface area contributed by atoms with E-state index in [1.165, 1.54) is 0 Å². The van der Waals surface area contributed by atoms with Crippen LogP contribution in [0.4, 0.5) is 4.79 Å². The number of rotatable bonds is 2. The molecule has 1 aliphatic carbocycles. The molecular formula is C9H9ClO2. The molecule has 1 rings (SSSR count). The van der Waals surface area contributed by atoms with Gasteiger partial charge in [-0.2, -0.15) is 0 Å². The summed E-state index contributed by atoms with van der Waals surface area (Å²) in [6.45, 7) is 0.275. The predicted molar refractivity (Wildman–Crippen MR) is 48.2 cm³/mol. The van der Waals surface area contributed by atoms with Gasteiger partial charge in [-0.05, 0) is 12.0 Å². The van der Waals surface area contributed by atoms with Crippen molar-refractivity contribution in [1.29, 1.82) is 0 Å². The highest BCUT2D eigenvalue weighted by Crippen LogP contribution is 2.07. The number of ether oxygens (including phenoxy) is 1. The summed E-state index contributed by atoms with van der Waals surface area (Å²) in [7, 11) is 0. The molecular weight excluding hydrogens is 176 g/mol. The van der Waals surface area contributed by atoms with Crippen molar-refractivity contribution in [3.8, 4) is 0 Å². The van der Waals surface area contributed by atoms with Gasteiger partial charge in [-0.15, -0.1) is 0 Å². The van der Waals surface area contributed by atoms with E-state index in [1.807, 2.05) is 30.4 Å². The first-order chi connectivity index (χ1) is 5.79. The molecule has 0 aliphatic heterocycles. The maximum Gasteiger partial charge on any atom is 0.404 e. The number of carbonyl (C=O) groups is 1. The van der Waals surface area contributed by atoms with Crippen molar-refractivity contribution >= 4 is 17.0 Å². The molecule has 0 fully saturated rings. The molecule has 0 aromatic rings. The van der Waals surface area contributed by atoms with E-state index in [0.717, 1.165) is 12.0 Å². The molecule has 0 radical (unpaired) electrons. The molecule has 0 aromatic carbocycles. The number of hydrogen-bond acceptors (Lipinski definition) is 2. The molecule has 0 atom stereocenters. The van der Waals surface area contributed by atoms with Crippen LogP contribution in [0, 0.1) is 0 Å². The Kier molecular flexibility index (Phi) is 3.61. The first kappa shape index (κ1) is 9.07. The van der Waals surface area contributed by atoms with E-state index < -0.39 is 5.43 Å².